The van der Waals surface area contributed by atoms with E-state index < -0.39 is 6.03 Å². The summed E-state index contributed by atoms with van der Waals surface area (Å²) in [4.78, 5) is 44.7. The van der Waals surface area contributed by atoms with E-state index in [0.717, 1.165) is 27.7 Å². The van der Waals surface area contributed by atoms with Crippen LogP contribution >= 0.6 is 0 Å². The monoisotopic (exact) mass is 748 g/mol. The van der Waals surface area contributed by atoms with Crippen LogP contribution in [-0.2, 0) is 19.7 Å². The number of piperidine rings is 1. The minimum Gasteiger partial charge on any atom is -0.462 e. The van der Waals surface area contributed by atoms with E-state index in [1.54, 1.807) is 42.3 Å². The first-order valence-corrected chi connectivity index (χ1v) is 18.3. The lowest BCUT2D eigenvalue weighted by Crippen LogP contribution is -2.47. The number of pyridine rings is 1. The maximum Gasteiger partial charge on any atom is 0.324 e. The molecule has 14 heteroatoms. The van der Waals surface area contributed by atoms with Crippen LogP contribution in [0.25, 0.3) is 16.5 Å². The first-order chi connectivity index (χ1) is 26.4. The van der Waals surface area contributed by atoms with Gasteiger partial charge in [0.25, 0.3) is 0 Å². The van der Waals surface area contributed by atoms with Crippen molar-refractivity contribution in [1.29, 1.82) is 0 Å². The van der Waals surface area contributed by atoms with Gasteiger partial charge in [0.15, 0.2) is 0 Å². The van der Waals surface area contributed by atoms with E-state index in [0.29, 0.717) is 61.4 Å². The number of nitrogens with zero attached hydrogens (tertiary/aromatic N) is 4. The van der Waals surface area contributed by atoms with E-state index in [2.05, 4.69) is 47.0 Å². The first-order valence-electron chi connectivity index (χ1n) is 18.3. The van der Waals surface area contributed by atoms with E-state index >= 15 is 0 Å². The summed E-state index contributed by atoms with van der Waals surface area (Å²) in [7, 11) is 1.56. The number of likely N-dealkylation sites (tertiary alicyclic amines) is 1. The Morgan fingerprint density at radius 3 is 2.33 bits per heavy atom. The highest BCUT2D eigenvalue weighted by Gasteiger charge is 2.24. The molecule has 1 aliphatic rings. The number of anilines is 3. The van der Waals surface area contributed by atoms with Crippen LogP contribution < -0.4 is 26.0 Å². The number of aryl methyl sites for hydroxylation is 1. The molecule has 0 spiro atoms. The Bertz CT molecular complexity index is 2120. The molecular formula is C41H48N8O6. The van der Waals surface area contributed by atoms with Crippen molar-refractivity contribution in [3.05, 3.63) is 96.3 Å². The molecule has 5 aromatic rings. The number of urea groups is 2. The summed E-state index contributed by atoms with van der Waals surface area (Å²) in [6.45, 7) is 10.4. The molecule has 0 saturated carbocycles. The molecule has 0 atom stereocenters. The van der Waals surface area contributed by atoms with Crippen molar-refractivity contribution in [3.63, 3.8) is 0 Å². The maximum atomic E-state index is 13.5. The molecule has 0 bridgehead atoms. The van der Waals surface area contributed by atoms with Crippen molar-refractivity contribution in [1.82, 2.24) is 25.0 Å². The van der Waals surface area contributed by atoms with Crippen molar-refractivity contribution in [2.75, 3.05) is 55.9 Å². The average molecular weight is 749 g/mol. The molecule has 288 valence electrons. The second-order valence-corrected chi connectivity index (χ2v) is 14.5. The molecule has 2 aromatic heterocycles. The molecule has 1 aliphatic heterocycles. The van der Waals surface area contributed by atoms with Gasteiger partial charge in [0.2, 0.25) is 0 Å². The fraction of sp³-hybridized carbons (Fsp3) is 0.341. The lowest BCUT2D eigenvalue weighted by Gasteiger charge is -2.31. The normalized spacial score (nSPS) is 13.6. The van der Waals surface area contributed by atoms with Crippen LogP contribution in [0.4, 0.5) is 26.9 Å². The van der Waals surface area contributed by atoms with E-state index in [4.69, 9.17) is 19.3 Å². The Kier molecular flexibility index (Phi) is 12.3. The largest absolute Gasteiger partial charge is 0.462 e. The lowest BCUT2D eigenvalue weighted by atomic mass is 9.92. The number of carbonyl (C=O) groups is 3. The Labute approximate surface area is 320 Å². The highest BCUT2D eigenvalue weighted by atomic mass is 16.6. The van der Waals surface area contributed by atoms with Crippen LogP contribution in [0.5, 0.6) is 11.5 Å². The van der Waals surface area contributed by atoms with Gasteiger partial charge >= 0.3 is 18.0 Å². The molecule has 0 aliphatic carbocycles. The smallest absolute Gasteiger partial charge is 0.324 e. The molecule has 0 unspecified atom stereocenters. The van der Waals surface area contributed by atoms with Crippen molar-refractivity contribution < 1.29 is 28.6 Å². The molecule has 1 fully saturated rings. The van der Waals surface area contributed by atoms with Crippen molar-refractivity contribution in [2.45, 2.75) is 52.0 Å². The number of ether oxygens (including phenoxy) is 3. The van der Waals surface area contributed by atoms with Crippen molar-refractivity contribution in [2.24, 2.45) is 0 Å². The number of rotatable bonds is 12. The van der Waals surface area contributed by atoms with Crippen molar-refractivity contribution >= 4 is 46.1 Å². The van der Waals surface area contributed by atoms with Gasteiger partial charge in [-0.25, -0.2) is 19.3 Å². The van der Waals surface area contributed by atoms with Gasteiger partial charge in [0.05, 0.1) is 30.2 Å². The molecule has 14 nitrogen and oxygen atoms in total. The van der Waals surface area contributed by atoms with E-state index in [9.17, 15) is 14.4 Å². The molecule has 4 N–H and O–H groups in total. The molecule has 1 saturated heterocycles. The predicted molar refractivity (Wildman–Crippen MR) is 212 cm³/mol. The van der Waals surface area contributed by atoms with Crippen LogP contribution in [0.3, 0.4) is 0 Å². The molecule has 0 radical (unpaired) electrons. The average Bonchev–Trinajstić information content (AvgIpc) is 3.58. The summed E-state index contributed by atoms with van der Waals surface area (Å²) in [5.74, 6) is 1.62. The van der Waals surface area contributed by atoms with Crippen LogP contribution in [0.2, 0.25) is 0 Å². The first kappa shape index (κ1) is 38.7. The van der Waals surface area contributed by atoms with Gasteiger partial charge in [0, 0.05) is 60.8 Å². The van der Waals surface area contributed by atoms with Crippen LogP contribution in [0.15, 0.2) is 85.1 Å². The summed E-state index contributed by atoms with van der Waals surface area (Å²) in [6.07, 6.45) is 2.96. The number of fused-ring (bicyclic) bond motifs is 1. The molecule has 6 rings (SSSR count). The molecule has 4 amide bonds. The zero-order valence-corrected chi connectivity index (χ0v) is 31.8. The van der Waals surface area contributed by atoms with Gasteiger partial charge in [0.1, 0.15) is 29.7 Å². The van der Waals surface area contributed by atoms with Crippen LogP contribution in [0, 0.1) is 6.92 Å². The van der Waals surface area contributed by atoms with Gasteiger partial charge in [-0.3, -0.25) is 20.3 Å². The summed E-state index contributed by atoms with van der Waals surface area (Å²) >= 11 is 0. The van der Waals surface area contributed by atoms with Gasteiger partial charge in [-0.05, 0) is 50.1 Å². The highest BCUT2D eigenvalue weighted by molar-refractivity contribution is 6.07. The number of carbonyl (C=O) groups excluding carboxylic acids is 3. The molecule has 3 aromatic carbocycles. The number of aromatic nitrogens is 3. The zero-order valence-electron chi connectivity index (χ0n) is 31.8. The van der Waals surface area contributed by atoms with Gasteiger partial charge < -0.3 is 24.8 Å². The quantitative estimate of drug-likeness (QED) is 0.0762. The maximum absolute atomic E-state index is 13.5. The number of hydrogen-bond acceptors (Lipinski definition) is 9. The molecule has 3 heterocycles. The number of esters is 1. The Morgan fingerprint density at radius 2 is 1.60 bits per heavy atom. The standard InChI is InChI=1S/C41H48N8O6/c1-27-10-12-29(13-11-27)49-37(25-35(47-49)41(2,3)4)46-40(52)44-33-14-15-34(32-9-7-6-8-31(32)33)55-30-16-19-42-36(24-30)45-39(51)43-28-17-20-48(21-18-28)26-38(50)54-23-22-53-5/h6-16,19,24-25,28H,17-18,20-23,26H2,1-5H3,(H2,44,46,52)(H2,42,43,45,51). The lowest BCUT2D eigenvalue weighted by molar-refractivity contribution is -0.146. The van der Waals surface area contributed by atoms with Crippen LogP contribution in [-0.4, -0.2) is 83.7 Å². The van der Waals surface area contributed by atoms with Crippen LogP contribution in [0.1, 0.15) is 44.9 Å². The highest BCUT2D eigenvalue weighted by Crippen LogP contribution is 2.35. The topological polar surface area (TPSA) is 161 Å². The Morgan fingerprint density at radius 1 is 0.855 bits per heavy atom. The van der Waals surface area contributed by atoms with Crippen molar-refractivity contribution in [3.8, 4) is 17.2 Å². The van der Waals surface area contributed by atoms with E-state index in [1.807, 2.05) is 66.4 Å². The number of benzene rings is 3. The molecule has 55 heavy (non-hydrogen) atoms. The third kappa shape index (κ3) is 10.4. The van der Waals surface area contributed by atoms with E-state index in [1.165, 1.54) is 0 Å². The minimum absolute atomic E-state index is 0.0444. The third-order valence-electron chi connectivity index (χ3n) is 9.16. The summed E-state index contributed by atoms with van der Waals surface area (Å²) in [5, 5.41) is 18.2. The minimum atomic E-state index is -0.417. The number of hydrogen-bond donors (Lipinski definition) is 4. The Hall–Kier alpha value is -5.99. The summed E-state index contributed by atoms with van der Waals surface area (Å²) in [5.41, 5.74) is 3.18. The second-order valence-electron chi connectivity index (χ2n) is 14.5. The fourth-order valence-electron chi connectivity index (χ4n) is 6.17. The third-order valence-corrected chi connectivity index (χ3v) is 9.16. The van der Waals surface area contributed by atoms with Gasteiger partial charge in [-0.1, -0.05) is 62.7 Å². The number of methoxy groups -OCH3 is 1. The fourth-order valence-corrected chi connectivity index (χ4v) is 6.17. The molecular weight excluding hydrogens is 701 g/mol. The van der Waals surface area contributed by atoms with Gasteiger partial charge in [-0.2, -0.15) is 5.10 Å². The Balaban J connectivity index is 1.07. The summed E-state index contributed by atoms with van der Waals surface area (Å²) < 4.78 is 18.1. The second kappa shape index (κ2) is 17.4. The zero-order chi connectivity index (χ0) is 39.0. The number of nitrogens with one attached hydrogen (secondary N) is 4. The SMILES string of the molecule is COCCOC(=O)CN1CCC(NC(=O)Nc2cc(Oc3ccc(NC(=O)Nc4cc(C(C)(C)C)nn4-c4ccc(C)cc4)c4ccccc34)ccn2)CC1. The number of amides is 4. The van der Waals surface area contributed by atoms with E-state index in [-0.39, 0.29) is 36.6 Å². The van der Waals surface area contributed by atoms with Gasteiger partial charge in [-0.15, -0.1) is 0 Å². The summed E-state index contributed by atoms with van der Waals surface area (Å²) in [6, 6.07) is 23.6. The predicted octanol–water partition coefficient (Wildman–Crippen LogP) is 7.24.